The molecular weight excluding hydrogens is 422 g/mol. The first-order valence-corrected chi connectivity index (χ1v) is 10.2. The third-order valence-corrected chi connectivity index (χ3v) is 5.21. The monoisotopic (exact) mass is 443 g/mol. The largest absolute Gasteiger partial charge is 0.493 e. The van der Waals surface area contributed by atoms with E-state index < -0.39 is 10.8 Å². The zero-order valence-corrected chi connectivity index (χ0v) is 17.8. The number of hydrogen-bond donors (Lipinski definition) is 1. The molecule has 10 heteroatoms. The molecule has 1 amide bonds. The molecule has 0 aliphatic carbocycles. The molecule has 0 aliphatic rings. The highest BCUT2D eigenvalue weighted by Crippen LogP contribution is 2.35. The molecule has 2 aromatic carbocycles. The first-order valence-electron chi connectivity index (χ1n) is 9.29. The van der Waals surface area contributed by atoms with Crippen LogP contribution in [0.15, 0.2) is 47.8 Å². The molecule has 3 rings (SSSR count). The van der Waals surface area contributed by atoms with Crippen molar-refractivity contribution in [2.45, 2.75) is 6.54 Å². The first-order chi connectivity index (χ1) is 15.0. The van der Waals surface area contributed by atoms with Gasteiger partial charge in [-0.3, -0.25) is 14.9 Å². The molecule has 9 nitrogen and oxygen atoms in total. The quantitative estimate of drug-likeness (QED) is 0.289. The van der Waals surface area contributed by atoms with Crippen LogP contribution < -0.4 is 14.8 Å². The highest BCUT2D eigenvalue weighted by molar-refractivity contribution is 7.13. The van der Waals surface area contributed by atoms with E-state index in [1.807, 2.05) is 35.7 Å². The Bertz CT molecular complexity index is 1050. The normalized spacial score (nSPS) is 10.5. The second-order valence-corrected chi connectivity index (χ2v) is 7.17. The second-order valence-electron chi connectivity index (χ2n) is 6.31. The molecular formula is C21H21N3O6S. The van der Waals surface area contributed by atoms with E-state index in [1.165, 1.54) is 37.7 Å². The van der Waals surface area contributed by atoms with Crippen LogP contribution in [0.4, 0.5) is 5.69 Å². The molecule has 0 saturated heterocycles. The summed E-state index contributed by atoms with van der Waals surface area (Å²) in [5.74, 6) is -0.232. The number of hydrogen-bond acceptors (Lipinski definition) is 8. The minimum absolute atomic E-state index is 0.126. The van der Waals surface area contributed by atoms with Crippen LogP contribution >= 0.6 is 11.3 Å². The Morgan fingerprint density at radius 1 is 1.16 bits per heavy atom. The Morgan fingerprint density at radius 2 is 1.94 bits per heavy atom. The van der Waals surface area contributed by atoms with E-state index in [-0.39, 0.29) is 35.9 Å². The van der Waals surface area contributed by atoms with Gasteiger partial charge in [-0.1, -0.05) is 30.3 Å². The first kappa shape index (κ1) is 22.2. The van der Waals surface area contributed by atoms with Crippen LogP contribution in [0.2, 0.25) is 0 Å². The van der Waals surface area contributed by atoms with Crippen molar-refractivity contribution in [3.8, 4) is 22.1 Å². The van der Waals surface area contributed by atoms with E-state index in [4.69, 9.17) is 14.2 Å². The molecule has 0 fully saturated rings. The topological polar surface area (TPSA) is 113 Å². The number of nitrogens with zero attached hydrogens (tertiary/aromatic N) is 2. The van der Waals surface area contributed by atoms with E-state index in [0.717, 1.165) is 10.6 Å². The summed E-state index contributed by atoms with van der Waals surface area (Å²) in [6.07, 6.45) is 0. The molecule has 0 atom stereocenters. The van der Waals surface area contributed by atoms with Crippen molar-refractivity contribution in [2.75, 3.05) is 27.4 Å². The summed E-state index contributed by atoms with van der Waals surface area (Å²) in [6, 6.07) is 12.2. The van der Waals surface area contributed by atoms with Gasteiger partial charge < -0.3 is 19.5 Å². The zero-order chi connectivity index (χ0) is 22.2. The Morgan fingerprint density at radius 3 is 2.61 bits per heavy atom. The van der Waals surface area contributed by atoms with Crippen molar-refractivity contribution in [2.24, 2.45) is 0 Å². The lowest BCUT2D eigenvalue weighted by Crippen LogP contribution is -2.24. The van der Waals surface area contributed by atoms with Gasteiger partial charge in [-0.2, -0.15) is 0 Å². The van der Waals surface area contributed by atoms with E-state index >= 15 is 0 Å². The van der Waals surface area contributed by atoms with Gasteiger partial charge in [-0.15, -0.1) is 11.3 Å². The Kier molecular flexibility index (Phi) is 7.52. The summed E-state index contributed by atoms with van der Waals surface area (Å²) < 4.78 is 15.6. The Labute approximate surface area is 182 Å². The number of benzene rings is 2. The van der Waals surface area contributed by atoms with Crippen molar-refractivity contribution in [1.29, 1.82) is 0 Å². The highest BCUT2D eigenvalue weighted by atomic mass is 32.1. The van der Waals surface area contributed by atoms with Gasteiger partial charge in [0.15, 0.2) is 11.5 Å². The lowest BCUT2D eigenvalue weighted by atomic mass is 10.1. The molecule has 0 spiro atoms. The molecule has 0 bridgehead atoms. The number of methoxy groups -OCH3 is 2. The number of ether oxygens (including phenoxy) is 3. The standard InChI is InChI=1S/C21H21N3O6S/c1-28-8-9-30-19-11-17(24(26)27)16(10-18(19)29-2)20(25)22-12-15-13-31-21(23-15)14-6-4-3-5-7-14/h3-7,10-11,13H,8-9,12H2,1-2H3,(H,22,25). The van der Waals surface area contributed by atoms with Crippen molar-refractivity contribution < 1.29 is 23.9 Å². The lowest BCUT2D eigenvalue weighted by molar-refractivity contribution is -0.385. The molecule has 0 unspecified atom stereocenters. The predicted molar refractivity (Wildman–Crippen MR) is 116 cm³/mol. The minimum Gasteiger partial charge on any atom is -0.493 e. The Balaban J connectivity index is 1.76. The van der Waals surface area contributed by atoms with Crippen molar-refractivity contribution in [1.82, 2.24) is 10.3 Å². The Hall–Kier alpha value is -3.50. The number of carbonyl (C=O) groups excluding carboxylic acids is 1. The fourth-order valence-electron chi connectivity index (χ4n) is 2.76. The molecule has 31 heavy (non-hydrogen) atoms. The van der Waals surface area contributed by atoms with Crippen LogP contribution in [0.5, 0.6) is 11.5 Å². The maximum absolute atomic E-state index is 12.7. The summed E-state index contributed by atoms with van der Waals surface area (Å²) >= 11 is 1.46. The number of rotatable bonds is 10. The second kappa shape index (κ2) is 10.5. The van der Waals surface area contributed by atoms with Crippen LogP contribution in [0, 0.1) is 10.1 Å². The summed E-state index contributed by atoms with van der Waals surface area (Å²) in [5, 5.41) is 16.9. The number of nitro benzene ring substituents is 1. The van der Waals surface area contributed by atoms with Gasteiger partial charge in [0.1, 0.15) is 17.2 Å². The van der Waals surface area contributed by atoms with E-state index in [1.54, 1.807) is 0 Å². The van der Waals surface area contributed by atoms with Crippen LogP contribution in [0.25, 0.3) is 10.6 Å². The van der Waals surface area contributed by atoms with Gasteiger partial charge in [0.25, 0.3) is 11.6 Å². The fourth-order valence-corrected chi connectivity index (χ4v) is 3.58. The summed E-state index contributed by atoms with van der Waals surface area (Å²) in [6.45, 7) is 0.620. The zero-order valence-electron chi connectivity index (χ0n) is 17.0. The van der Waals surface area contributed by atoms with Crippen LogP contribution in [0.3, 0.4) is 0 Å². The van der Waals surface area contributed by atoms with Crippen molar-refractivity contribution in [3.05, 3.63) is 69.2 Å². The fraction of sp³-hybridized carbons (Fsp3) is 0.238. The molecule has 0 radical (unpaired) electrons. The average molecular weight is 443 g/mol. The summed E-state index contributed by atoms with van der Waals surface area (Å²) in [5.41, 5.74) is 1.13. The maximum Gasteiger partial charge on any atom is 0.286 e. The van der Waals surface area contributed by atoms with Crippen molar-refractivity contribution in [3.63, 3.8) is 0 Å². The molecule has 1 N–H and O–H groups in total. The summed E-state index contributed by atoms with van der Waals surface area (Å²) in [4.78, 5) is 28.1. The smallest absolute Gasteiger partial charge is 0.286 e. The number of nitro groups is 1. The molecule has 1 heterocycles. The van der Waals surface area contributed by atoms with Crippen LogP contribution in [-0.4, -0.2) is 43.2 Å². The van der Waals surface area contributed by atoms with E-state index in [2.05, 4.69) is 10.3 Å². The van der Waals surface area contributed by atoms with Crippen LogP contribution in [0.1, 0.15) is 16.1 Å². The number of thiazole rings is 1. The predicted octanol–water partition coefficient (Wildman–Crippen LogP) is 3.68. The number of amides is 1. The highest BCUT2D eigenvalue weighted by Gasteiger charge is 2.25. The average Bonchev–Trinajstić information content (AvgIpc) is 3.27. The van der Waals surface area contributed by atoms with Crippen molar-refractivity contribution >= 4 is 22.9 Å². The van der Waals surface area contributed by atoms with Gasteiger partial charge in [0, 0.05) is 24.1 Å². The van der Waals surface area contributed by atoms with Crippen LogP contribution in [-0.2, 0) is 11.3 Å². The minimum atomic E-state index is -0.631. The SMILES string of the molecule is COCCOc1cc([N+](=O)[O-])c(C(=O)NCc2csc(-c3ccccc3)n2)cc1OC. The molecule has 1 aromatic heterocycles. The third-order valence-electron chi connectivity index (χ3n) is 4.27. The van der Waals surface area contributed by atoms with E-state index in [0.29, 0.717) is 12.3 Å². The van der Waals surface area contributed by atoms with Gasteiger partial charge in [0.2, 0.25) is 0 Å². The van der Waals surface area contributed by atoms with Gasteiger partial charge in [-0.25, -0.2) is 4.98 Å². The molecule has 0 aliphatic heterocycles. The van der Waals surface area contributed by atoms with Gasteiger partial charge >= 0.3 is 0 Å². The number of nitrogens with one attached hydrogen (secondary N) is 1. The summed E-state index contributed by atoms with van der Waals surface area (Å²) in [7, 11) is 2.91. The maximum atomic E-state index is 12.7. The molecule has 3 aromatic rings. The van der Waals surface area contributed by atoms with Gasteiger partial charge in [0.05, 0.1) is 36.9 Å². The number of aromatic nitrogens is 1. The lowest BCUT2D eigenvalue weighted by Gasteiger charge is -2.12. The molecule has 0 saturated carbocycles. The van der Waals surface area contributed by atoms with Gasteiger partial charge in [-0.05, 0) is 0 Å². The van der Waals surface area contributed by atoms with E-state index in [9.17, 15) is 14.9 Å². The molecule has 162 valence electrons. The number of carbonyl (C=O) groups is 1. The third kappa shape index (κ3) is 5.56.